The third kappa shape index (κ3) is 3.89. The van der Waals surface area contributed by atoms with Gasteiger partial charge in [0.05, 0.1) is 31.5 Å². The minimum Gasteiger partial charge on any atom is -0.493 e. The summed E-state index contributed by atoms with van der Waals surface area (Å²) in [4.78, 5) is 28.7. The van der Waals surface area contributed by atoms with Gasteiger partial charge in [-0.3, -0.25) is 9.59 Å². The molecule has 1 aromatic heterocycles. The Labute approximate surface area is 163 Å². The van der Waals surface area contributed by atoms with Crippen LogP contribution >= 0.6 is 11.3 Å². The number of ether oxygens (including phenoxy) is 3. The summed E-state index contributed by atoms with van der Waals surface area (Å²) in [6.07, 6.45) is 0. The van der Waals surface area contributed by atoms with Crippen molar-refractivity contribution in [1.29, 1.82) is 0 Å². The molecule has 0 atom stereocenters. The molecular formula is C19H17FN2O5S. The number of halogens is 1. The minimum absolute atomic E-state index is 0.109. The highest BCUT2D eigenvalue weighted by Gasteiger charge is 2.16. The molecule has 0 unspecified atom stereocenters. The van der Waals surface area contributed by atoms with Gasteiger partial charge in [-0.2, -0.15) is 4.99 Å². The first-order valence-electron chi connectivity index (χ1n) is 8.13. The zero-order valence-corrected chi connectivity index (χ0v) is 16.2. The Morgan fingerprint density at radius 3 is 2.46 bits per heavy atom. The zero-order chi connectivity index (χ0) is 20.3. The van der Waals surface area contributed by atoms with E-state index in [1.807, 2.05) is 0 Å². The molecule has 7 nitrogen and oxygen atoms in total. The number of aromatic nitrogens is 1. The molecule has 2 aromatic carbocycles. The molecule has 0 spiro atoms. The van der Waals surface area contributed by atoms with E-state index in [1.54, 1.807) is 16.7 Å². The lowest BCUT2D eigenvalue weighted by Gasteiger charge is -2.09. The highest BCUT2D eigenvalue weighted by molar-refractivity contribution is 7.16. The van der Waals surface area contributed by atoms with Crippen LogP contribution in [-0.4, -0.2) is 37.8 Å². The van der Waals surface area contributed by atoms with Gasteiger partial charge in [-0.1, -0.05) is 17.4 Å². The molecule has 28 heavy (non-hydrogen) atoms. The van der Waals surface area contributed by atoms with Gasteiger partial charge in [0.15, 0.2) is 16.3 Å². The van der Waals surface area contributed by atoms with Crippen LogP contribution in [0.1, 0.15) is 10.4 Å². The Balaban J connectivity index is 2.20. The largest absolute Gasteiger partial charge is 0.493 e. The summed E-state index contributed by atoms with van der Waals surface area (Å²) in [6, 6.07) is 8.68. The number of esters is 1. The average Bonchev–Trinajstić information content (AvgIpc) is 3.02. The maximum absolute atomic E-state index is 13.4. The monoisotopic (exact) mass is 404 g/mol. The van der Waals surface area contributed by atoms with Gasteiger partial charge in [-0.05, 0) is 18.2 Å². The van der Waals surface area contributed by atoms with Crippen molar-refractivity contribution in [3.63, 3.8) is 0 Å². The van der Waals surface area contributed by atoms with E-state index in [9.17, 15) is 14.0 Å². The first-order chi connectivity index (χ1) is 13.5. The number of fused-ring (bicyclic) bond motifs is 1. The Bertz CT molecular complexity index is 1120. The molecule has 0 fully saturated rings. The molecule has 0 radical (unpaired) electrons. The minimum atomic E-state index is -0.622. The third-order valence-electron chi connectivity index (χ3n) is 3.97. The fraction of sp³-hybridized carbons (Fsp3) is 0.211. The van der Waals surface area contributed by atoms with Crippen LogP contribution in [0.4, 0.5) is 4.39 Å². The summed E-state index contributed by atoms with van der Waals surface area (Å²) in [5.41, 5.74) is 0.732. The van der Waals surface area contributed by atoms with Gasteiger partial charge in [-0.25, -0.2) is 4.39 Å². The third-order valence-corrected chi connectivity index (χ3v) is 5.01. The number of carbonyl (C=O) groups is 2. The van der Waals surface area contributed by atoms with E-state index in [4.69, 9.17) is 14.2 Å². The van der Waals surface area contributed by atoms with Crippen LogP contribution in [0, 0.1) is 5.82 Å². The normalized spacial score (nSPS) is 11.5. The van der Waals surface area contributed by atoms with Gasteiger partial charge in [-0.15, -0.1) is 0 Å². The Hall–Kier alpha value is -3.20. The maximum atomic E-state index is 13.4. The quantitative estimate of drug-likeness (QED) is 0.611. The summed E-state index contributed by atoms with van der Waals surface area (Å²) in [5, 5.41) is 0. The molecule has 0 aliphatic heterocycles. The van der Waals surface area contributed by atoms with E-state index in [0.29, 0.717) is 17.0 Å². The van der Waals surface area contributed by atoms with Crippen LogP contribution in [0.5, 0.6) is 11.5 Å². The molecule has 146 valence electrons. The van der Waals surface area contributed by atoms with Gasteiger partial charge < -0.3 is 18.8 Å². The molecule has 0 aliphatic rings. The molecule has 0 bridgehead atoms. The summed E-state index contributed by atoms with van der Waals surface area (Å²) >= 11 is 1.19. The van der Waals surface area contributed by atoms with E-state index in [1.165, 1.54) is 50.9 Å². The zero-order valence-electron chi connectivity index (χ0n) is 15.4. The highest BCUT2D eigenvalue weighted by Crippen LogP contribution is 2.33. The number of hydrogen-bond donors (Lipinski definition) is 0. The molecule has 9 heteroatoms. The van der Waals surface area contributed by atoms with Gasteiger partial charge >= 0.3 is 5.97 Å². The molecule has 1 heterocycles. The van der Waals surface area contributed by atoms with Gasteiger partial charge in [0, 0.05) is 17.7 Å². The van der Waals surface area contributed by atoms with E-state index < -0.39 is 17.7 Å². The van der Waals surface area contributed by atoms with Crippen LogP contribution < -0.4 is 14.3 Å². The van der Waals surface area contributed by atoms with Gasteiger partial charge in [0.2, 0.25) is 0 Å². The lowest BCUT2D eigenvalue weighted by Crippen LogP contribution is -2.22. The number of amides is 1. The number of nitrogens with zero attached hydrogens (tertiary/aromatic N) is 2. The number of rotatable bonds is 5. The van der Waals surface area contributed by atoms with Crippen molar-refractivity contribution >= 4 is 33.4 Å². The van der Waals surface area contributed by atoms with Crippen molar-refractivity contribution in [1.82, 2.24) is 4.57 Å². The summed E-state index contributed by atoms with van der Waals surface area (Å²) in [5.74, 6) is -0.689. The van der Waals surface area contributed by atoms with Crippen molar-refractivity contribution in [3.8, 4) is 11.5 Å². The topological polar surface area (TPSA) is 79.1 Å². The van der Waals surface area contributed by atoms with Crippen molar-refractivity contribution in [3.05, 3.63) is 52.6 Å². The molecule has 0 saturated carbocycles. The number of benzene rings is 2. The van der Waals surface area contributed by atoms with Crippen molar-refractivity contribution in [2.45, 2.75) is 6.54 Å². The number of hydrogen-bond acceptors (Lipinski definition) is 6. The van der Waals surface area contributed by atoms with E-state index in [2.05, 4.69) is 4.99 Å². The predicted octanol–water partition coefficient (Wildman–Crippen LogP) is 2.77. The Morgan fingerprint density at radius 1 is 1.11 bits per heavy atom. The lowest BCUT2D eigenvalue weighted by atomic mass is 10.2. The summed E-state index contributed by atoms with van der Waals surface area (Å²) in [6.45, 7) is -0.152. The van der Waals surface area contributed by atoms with Crippen LogP contribution in [0.15, 0.2) is 41.4 Å². The fourth-order valence-electron chi connectivity index (χ4n) is 2.60. The van der Waals surface area contributed by atoms with Crippen molar-refractivity contribution in [2.75, 3.05) is 21.3 Å². The molecular weight excluding hydrogens is 387 g/mol. The van der Waals surface area contributed by atoms with E-state index >= 15 is 0 Å². The first kappa shape index (κ1) is 19.6. The van der Waals surface area contributed by atoms with E-state index in [0.717, 1.165) is 10.8 Å². The Kier molecular flexibility index (Phi) is 5.74. The fourth-order valence-corrected chi connectivity index (χ4v) is 3.64. The van der Waals surface area contributed by atoms with E-state index in [-0.39, 0.29) is 16.9 Å². The standard InChI is InChI=1S/C19H17FN2O5S/c1-25-14-8-13-16(9-15(14)26-2)28-19(22(13)10-17(23)27-3)21-18(24)11-5-4-6-12(20)7-11/h4-9H,10H2,1-3H3. The van der Waals surface area contributed by atoms with Crippen LogP contribution in [0.3, 0.4) is 0 Å². The highest BCUT2D eigenvalue weighted by atomic mass is 32.1. The number of methoxy groups -OCH3 is 3. The Morgan fingerprint density at radius 2 is 1.82 bits per heavy atom. The molecule has 0 aliphatic carbocycles. The molecule has 3 rings (SSSR count). The van der Waals surface area contributed by atoms with Gasteiger partial charge in [0.1, 0.15) is 12.4 Å². The van der Waals surface area contributed by atoms with Crippen molar-refractivity contribution < 1.29 is 28.2 Å². The summed E-state index contributed by atoms with van der Waals surface area (Å²) in [7, 11) is 4.29. The van der Waals surface area contributed by atoms with Crippen LogP contribution in [-0.2, 0) is 16.1 Å². The smallest absolute Gasteiger partial charge is 0.325 e. The number of thiazole rings is 1. The second-order valence-corrected chi connectivity index (χ2v) is 6.66. The van der Waals surface area contributed by atoms with Crippen molar-refractivity contribution in [2.24, 2.45) is 4.99 Å². The summed E-state index contributed by atoms with van der Waals surface area (Å²) < 4.78 is 31.1. The second-order valence-electron chi connectivity index (χ2n) is 5.65. The second kappa shape index (κ2) is 8.22. The SMILES string of the molecule is COC(=O)Cn1c(=NC(=O)c2cccc(F)c2)sc2cc(OC)c(OC)cc21. The van der Waals surface area contributed by atoms with Crippen LogP contribution in [0.2, 0.25) is 0 Å². The molecule has 1 amide bonds. The van der Waals surface area contributed by atoms with Crippen LogP contribution in [0.25, 0.3) is 10.2 Å². The predicted molar refractivity (Wildman–Crippen MR) is 101 cm³/mol. The average molecular weight is 404 g/mol. The molecule has 0 N–H and O–H groups in total. The van der Waals surface area contributed by atoms with Gasteiger partial charge in [0.25, 0.3) is 5.91 Å². The first-order valence-corrected chi connectivity index (χ1v) is 8.95. The lowest BCUT2D eigenvalue weighted by molar-refractivity contribution is -0.141. The molecule has 3 aromatic rings. The number of carbonyl (C=O) groups excluding carboxylic acids is 2. The molecule has 0 saturated heterocycles. The maximum Gasteiger partial charge on any atom is 0.325 e.